The molecule has 3 aromatic rings. The van der Waals surface area contributed by atoms with Crippen LogP contribution in [0.1, 0.15) is 32.2 Å². The fourth-order valence-corrected chi connectivity index (χ4v) is 3.64. The number of alkyl halides is 3. The molecule has 0 saturated carbocycles. The molecule has 0 saturated heterocycles. The summed E-state index contributed by atoms with van der Waals surface area (Å²) in [5.41, 5.74) is 0.404. The van der Waals surface area contributed by atoms with Gasteiger partial charge in [0.05, 0.1) is 18.7 Å². The zero-order valence-electron chi connectivity index (χ0n) is 14.7. The molecule has 0 bridgehead atoms. The summed E-state index contributed by atoms with van der Waals surface area (Å²) < 4.78 is 41.4. The van der Waals surface area contributed by atoms with Gasteiger partial charge in [-0.15, -0.1) is 11.3 Å². The number of ketones is 1. The molecular weight excluding hydrogens is 377 g/mol. The maximum absolute atomic E-state index is 12.9. The normalized spacial score (nSPS) is 11.7. The average Bonchev–Trinajstić information content (AvgIpc) is 3.19. The highest BCUT2D eigenvalue weighted by Crippen LogP contribution is 2.28. The van der Waals surface area contributed by atoms with Crippen molar-refractivity contribution in [3.63, 3.8) is 0 Å². The van der Waals surface area contributed by atoms with Crippen molar-refractivity contribution < 1.29 is 18.0 Å². The fourth-order valence-electron chi connectivity index (χ4n) is 2.95. The summed E-state index contributed by atoms with van der Waals surface area (Å²) in [6.07, 6.45) is -3.89. The molecule has 4 nitrogen and oxygen atoms in total. The highest BCUT2D eigenvalue weighted by atomic mass is 32.1. The molecule has 0 unspecified atom stereocenters. The van der Waals surface area contributed by atoms with E-state index in [2.05, 4.69) is 0 Å². The Morgan fingerprint density at radius 1 is 1.19 bits per heavy atom. The first-order valence-corrected chi connectivity index (χ1v) is 9.05. The smallest absolute Gasteiger partial charge is 0.343 e. The highest BCUT2D eigenvalue weighted by Gasteiger charge is 2.31. The fraction of sp³-hybridized carbons (Fsp3) is 0.263. The van der Waals surface area contributed by atoms with Crippen molar-refractivity contribution in [3.05, 3.63) is 79.7 Å². The highest BCUT2D eigenvalue weighted by molar-refractivity contribution is 7.09. The van der Waals surface area contributed by atoms with Gasteiger partial charge in [0, 0.05) is 34.1 Å². The minimum absolute atomic E-state index is 0.401. The van der Waals surface area contributed by atoms with Gasteiger partial charge in [-0.25, -0.2) is 0 Å². The summed E-state index contributed by atoms with van der Waals surface area (Å²) in [5, 5.41) is 1.97. The third-order valence-corrected chi connectivity index (χ3v) is 5.25. The number of pyridine rings is 1. The van der Waals surface area contributed by atoms with Crippen LogP contribution in [0.3, 0.4) is 0 Å². The van der Waals surface area contributed by atoms with Crippen LogP contribution in [0.4, 0.5) is 13.2 Å². The van der Waals surface area contributed by atoms with Crippen LogP contribution in [0.15, 0.2) is 46.7 Å². The third kappa shape index (κ3) is 4.05. The van der Waals surface area contributed by atoms with E-state index >= 15 is 0 Å². The topological polar surface area (TPSA) is 44.0 Å². The van der Waals surface area contributed by atoms with Crippen molar-refractivity contribution in [1.82, 2.24) is 9.13 Å². The number of rotatable bonds is 5. The predicted octanol–water partition coefficient (Wildman–Crippen LogP) is 4.28. The van der Waals surface area contributed by atoms with Gasteiger partial charge in [-0.2, -0.15) is 13.2 Å². The Morgan fingerprint density at radius 2 is 1.93 bits per heavy atom. The minimum atomic E-state index is -4.57. The summed E-state index contributed by atoms with van der Waals surface area (Å²) in [5.74, 6) is -0.401. The van der Waals surface area contributed by atoms with Gasteiger partial charge in [-0.1, -0.05) is 6.07 Å². The second-order valence-electron chi connectivity index (χ2n) is 6.26. The summed E-state index contributed by atoms with van der Waals surface area (Å²) in [7, 11) is 0. The first-order valence-electron chi connectivity index (χ1n) is 8.17. The van der Waals surface area contributed by atoms with Crippen LogP contribution in [-0.4, -0.2) is 14.9 Å². The molecule has 0 atom stereocenters. The lowest BCUT2D eigenvalue weighted by atomic mass is 10.1. The van der Waals surface area contributed by atoms with Crippen LogP contribution in [0, 0.1) is 13.8 Å². The molecule has 0 aliphatic rings. The number of carbonyl (C=O) groups excluding carboxylic acids is 1. The van der Waals surface area contributed by atoms with E-state index < -0.39 is 29.6 Å². The Bertz CT molecular complexity index is 1030. The number of hydrogen-bond donors (Lipinski definition) is 0. The number of hydrogen-bond acceptors (Lipinski definition) is 3. The number of aromatic nitrogens is 2. The molecule has 0 aromatic carbocycles. The monoisotopic (exact) mass is 394 g/mol. The number of aryl methyl sites for hydroxylation is 1. The van der Waals surface area contributed by atoms with E-state index in [1.807, 2.05) is 29.0 Å². The predicted molar refractivity (Wildman–Crippen MR) is 97.4 cm³/mol. The number of carbonyl (C=O) groups is 1. The van der Waals surface area contributed by atoms with Crippen molar-refractivity contribution in [2.45, 2.75) is 33.1 Å². The van der Waals surface area contributed by atoms with E-state index in [-0.39, 0.29) is 0 Å². The van der Waals surface area contributed by atoms with Gasteiger partial charge in [-0.3, -0.25) is 9.59 Å². The van der Waals surface area contributed by atoms with Gasteiger partial charge in [-0.05, 0) is 37.4 Å². The van der Waals surface area contributed by atoms with Crippen molar-refractivity contribution in [1.29, 1.82) is 0 Å². The first kappa shape index (κ1) is 19.2. The molecule has 27 heavy (non-hydrogen) atoms. The van der Waals surface area contributed by atoms with Gasteiger partial charge in [0.1, 0.15) is 0 Å². The zero-order chi connectivity index (χ0) is 19.8. The molecule has 0 fully saturated rings. The largest absolute Gasteiger partial charge is 0.417 e. The Morgan fingerprint density at radius 3 is 2.56 bits per heavy atom. The summed E-state index contributed by atoms with van der Waals surface area (Å²) >= 11 is 1.60. The lowest BCUT2D eigenvalue weighted by Crippen LogP contribution is -2.25. The maximum Gasteiger partial charge on any atom is 0.417 e. The van der Waals surface area contributed by atoms with Crippen molar-refractivity contribution in [2.24, 2.45) is 0 Å². The Kier molecular flexibility index (Phi) is 5.10. The van der Waals surface area contributed by atoms with Crippen LogP contribution in [-0.2, 0) is 19.3 Å². The quantitative estimate of drug-likeness (QED) is 0.607. The van der Waals surface area contributed by atoms with E-state index in [1.54, 1.807) is 24.3 Å². The van der Waals surface area contributed by atoms with Crippen molar-refractivity contribution in [2.75, 3.05) is 0 Å². The first-order chi connectivity index (χ1) is 12.7. The SMILES string of the molecule is Cc1cc(C(=O)Cn2cc(C(F)(F)F)ccc2=O)c(C)n1Cc1cccs1. The molecule has 0 N–H and O–H groups in total. The molecule has 0 radical (unpaired) electrons. The maximum atomic E-state index is 12.9. The molecule has 0 aliphatic heterocycles. The molecule has 0 aliphatic carbocycles. The zero-order valence-corrected chi connectivity index (χ0v) is 15.5. The van der Waals surface area contributed by atoms with E-state index in [4.69, 9.17) is 0 Å². The van der Waals surface area contributed by atoms with Gasteiger partial charge in [0.2, 0.25) is 0 Å². The van der Waals surface area contributed by atoms with Crippen LogP contribution in [0.2, 0.25) is 0 Å². The number of thiophene rings is 1. The van der Waals surface area contributed by atoms with Crippen LogP contribution < -0.4 is 5.56 Å². The van der Waals surface area contributed by atoms with Gasteiger partial charge in [0.15, 0.2) is 5.78 Å². The van der Waals surface area contributed by atoms with Gasteiger partial charge < -0.3 is 9.13 Å². The Hall–Kier alpha value is -2.61. The number of halogens is 3. The second-order valence-corrected chi connectivity index (χ2v) is 7.29. The lowest BCUT2D eigenvalue weighted by Gasteiger charge is -2.11. The van der Waals surface area contributed by atoms with Gasteiger partial charge >= 0.3 is 6.18 Å². The van der Waals surface area contributed by atoms with Crippen molar-refractivity contribution >= 4 is 17.1 Å². The van der Waals surface area contributed by atoms with Gasteiger partial charge in [0.25, 0.3) is 5.56 Å². The number of nitrogens with zero attached hydrogens (tertiary/aromatic N) is 2. The molecule has 3 heterocycles. The molecule has 0 spiro atoms. The number of Topliss-reactive ketones (excluding diaryl/α,β-unsaturated/α-hetero) is 1. The lowest BCUT2D eigenvalue weighted by molar-refractivity contribution is -0.138. The molecule has 0 amide bonds. The average molecular weight is 394 g/mol. The molecule has 142 valence electrons. The minimum Gasteiger partial charge on any atom is -0.343 e. The summed E-state index contributed by atoms with van der Waals surface area (Å²) in [6, 6.07) is 7.20. The van der Waals surface area contributed by atoms with E-state index in [0.29, 0.717) is 18.3 Å². The van der Waals surface area contributed by atoms with Crippen LogP contribution in [0.25, 0.3) is 0 Å². The van der Waals surface area contributed by atoms with Crippen LogP contribution in [0.5, 0.6) is 0 Å². The van der Waals surface area contributed by atoms with Crippen molar-refractivity contribution in [3.8, 4) is 0 Å². The summed E-state index contributed by atoms with van der Waals surface area (Å²) in [4.78, 5) is 25.7. The standard InChI is InChI=1S/C19H17F3N2O2S/c1-12-8-16(13(2)24(12)10-15-4-3-7-27-15)17(25)11-23-9-14(19(20,21)22)5-6-18(23)26/h3-9H,10-11H2,1-2H3. The second kappa shape index (κ2) is 7.19. The Balaban J connectivity index is 1.88. The van der Waals surface area contributed by atoms with E-state index in [1.165, 1.54) is 0 Å². The molecule has 3 rings (SSSR count). The molecule has 8 heteroatoms. The third-order valence-electron chi connectivity index (χ3n) is 4.39. The summed E-state index contributed by atoms with van der Waals surface area (Å²) in [6.45, 7) is 3.84. The van der Waals surface area contributed by atoms with E-state index in [9.17, 15) is 22.8 Å². The Labute approximate surface area is 157 Å². The molecule has 3 aromatic heterocycles. The molecular formula is C19H17F3N2O2S. The van der Waals surface area contributed by atoms with Crippen LogP contribution >= 0.6 is 11.3 Å². The van der Waals surface area contributed by atoms with E-state index in [0.717, 1.165) is 33.0 Å².